The monoisotopic (exact) mass is 258 g/mol. The van der Waals surface area contributed by atoms with Gasteiger partial charge >= 0.3 is 0 Å². The molecule has 0 saturated heterocycles. The Hall–Kier alpha value is -1.28. The third-order valence-electron chi connectivity index (χ3n) is 3.95. The van der Waals surface area contributed by atoms with Gasteiger partial charge in [-0.05, 0) is 43.5 Å². The van der Waals surface area contributed by atoms with Crippen molar-refractivity contribution in [2.45, 2.75) is 39.5 Å². The van der Waals surface area contributed by atoms with Crippen LogP contribution in [0.5, 0.6) is 0 Å². The SMILES string of the molecule is CCCC(CC)CNCCc1c[nH]c2ccccc12. The Morgan fingerprint density at radius 3 is 2.84 bits per heavy atom. The van der Waals surface area contributed by atoms with Crippen LogP contribution < -0.4 is 5.32 Å². The Labute approximate surface area is 116 Å². The quantitative estimate of drug-likeness (QED) is 0.685. The van der Waals surface area contributed by atoms with Gasteiger partial charge in [-0.1, -0.05) is 44.9 Å². The summed E-state index contributed by atoms with van der Waals surface area (Å²) in [6.45, 7) is 6.80. The predicted molar refractivity (Wildman–Crippen MR) is 83.6 cm³/mol. The van der Waals surface area contributed by atoms with Crippen LogP contribution in [0.3, 0.4) is 0 Å². The molecule has 104 valence electrons. The summed E-state index contributed by atoms with van der Waals surface area (Å²) in [5.41, 5.74) is 2.67. The van der Waals surface area contributed by atoms with Crippen molar-refractivity contribution in [1.82, 2.24) is 10.3 Å². The highest BCUT2D eigenvalue weighted by molar-refractivity contribution is 5.83. The van der Waals surface area contributed by atoms with E-state index in [-0.39, 0.29) is 0 Å². The summed E-state index contributed by atoms with van der Waals surface area (Å²) < 4.78 is 0. The Morgan fingerprint density at radius 1 is 1.21 bits per heavy atom. The molecule has 2 nitrogen and oxygen atoms in total. The van der Waals surface area contributed by atoms with E-state index in [1.807, 2.05) is 0 Å². The van der Waals surface area contributed by atoms with Crippen LogP contribution in [0, 0.1) is 5.92 Å². The molecule has 1 aromatic heterocycles. The Morgan fingerprint density at radius 2 is 2.05 bits per heavy atom. The van der Waals surface area contributed by atoms with Crippen molar-refractivity contribution in [2.24, 2.45) is 5.92 Å². The number of rotatable bonds is 8. The molecule has 1 aromatic carbocycles. The minimum absolute atomic E-state index is 0.841. The van der Waals surface area contributed by atoms with E-state index in [4.69, 9.17) is 0 Å². The second-order valence-electron chi connectivity index (χ2n) is 5.38. The maximum absolute atomic E-state index is 3.61. The fourth-order valence-electron chi connectivity index (χ4n) is 2.73. The Balaban J connectivity index is 1.79. The molecule has 0 spiro atoms. The van der Waals surface area contributed by atoms with Crippen LogP contribution in [-0.2, 0) is 6.42 Å². The van der Waals surface area contributed by atoms with Gasteiger partial charge in [0.05, 0.1) is 0 Å². The van der Waals surface area contributed by atoms with Crippen molar-refractivity contribution < 1.29 is 0 Å². The van der Waals surface area contributed by atoms with Gasteiger partial charge in [-0.15, -0.1) is 0 Å². The van der Waals surface area contributed by atoms with Crippen molar-refractivity contribution in [2.75, 3.05) is 13.1 Å². The van der Waals surface area contributed by atoms with Crippen LogP contribution in [0.25, 0.3) is 10.9 Å². The molecule has 0 amide bonds. The third-order valence-corrected chi connectivity index (χ3v) is 3.95. The molecular formula is C17H26N2. The molecule has 2 aromatic rings. The smallest absolute Gasteiger partial charge is 0.0456 e. The lowest BCUT2D eigenvalue weighted by Gasteiger charge is -2.14. The second-order valence-corrected chi connectivity index (χ2v) is 5.38. The molecule has 19 heavy (non-hydrogen) atoms. The number of hydrogen-bond donors (Lipinski definition) is 2. The van der Waals surface area contributed by atoms with Crippen LogP contribution in [0.15, 0.2) is 30.5 Å². The summed E-state index contributed by atoms with van der Waals surface area (Å²) in [6.07, 6.45) is 7.18. The van der Waals surface area contributed by atoms with Gasteiger partial charge in [0.1, 0.15) is 0 Å². The van der Waals surface area contributed by atoms with Crippen molar-refractivity contribution in [3.63, 3.8) is 0 Å². The van der Waals surface area contributed by atoms with Gasteiger partial charge in [0.2, 0.25) is 0 Å². The molecule has 0 fully saturated rings. The van der Waals surface area contributed by atoms with Crippen molar-refractivity contribution >= 4 is 10.9 Å². The third kappa shape index (κ3) is 3.84. The number of benzene rings is 1. The zero-order valence-electron chi connectivity index (χ0n) is 12.2. The van der Waals surface area contributed by atoms with E-state index in [1.54, 1.807) is 0 Å². The number of aromatic amines is 1. The number of fused-ring (bicyclic) bond motifs is 1. The van der Waals surface area contributed by atoms with Crippen LogP contribution in [0.4, 0.5) is 0 Å². The number of aromatic nitrogens is 1. The molecule has 0 aliphatic carbocycles. The first-order chi connectivity index (χ1) is 9.35. The van der Waals surface area contributed by atoms with Crippen molar-refractivity contribution in [3.05, 3.63) is 36.0 Å². The van der Waals surface area contributed by atoms with Gasteiger partial charge in [-0.25, -0.2) is 0 Å². The molecule has 0 radical (unpaired) electrons. The minimum Gasteiger partial charge on any atom is -0.361 e. The molecule has 0 aliphatic rings. The number of hydrogen-bond acceptors (Lipinski definition) is 1. The van der Waals surface area contributed by atoms with Gasteiger partial charge in [-0.3, -0.25) is 0 Å². The van der Waals surface area contributed by atoms with Gasteiger partial charge in [-0.2, -0.15) is 0 Å². The second kappa shape index (κ2) is 7.34. The van der Waals surface area contributed by atoms with Gasteiger partial charge in [0, 0.05) is 17.1 Å². The molecule has 0 bridgehead atoms. The summed E-state index contributed by atoms with van der Waals surface area (Å²) in [7, 11) is 0. The fourth-order valence-corrected chi connectivity index (χ4v) is 2.73. The van der Waals surface area contributed by atoms with Crippen molar-refractivity contribution in [3.8, 4) is 0 Å². The van der Waals surface area contributed by atoms with Crippen LogP contribution in [0.1, 0.15) is 38.7 Å². The summed E-state index contributed by atoms with van der Waals surface area (Å²) in [5, 5.41) is 4.98. The van der Waals surface area contributed by atoms with Gasteiger partial charge < -0.3 is 10.3 Å². The van der Waals surface area contributed by atoms with E-state index in [0.29, 0.717) is 0 Å². The predicted octanol–water partition coefficient (Wildman–Crippen LogP) is 4.13. The lowest BCUT2D eigenvalue weighted by atomic mass is 10.0. The summed E-state index contributed by atoms with van der Waals surface area (Å²) in [5.74, 6) is 0.841. The molecule has 1 atom stereocenters. The Bertz CT molecular complexity index is 487. The zero-order valence-corrected chi connectivity index (χ0v) is 12.2. The van der Waals surface area contributed by atoms with E-state index in [9.17, 15) is 0 Å². The zero-order chi connectivity index (χ0) is 13.5. The summed E-state index contributed by atoms with van der Waals surface area (Å²) in [4.78, 5) is 3.34. The fraction of sp³-hybridized carbons (Fsp3) is 0.529. The highest BCUT2D eigenvalue weighted by Crippen LogP contribution is 2.17. The van der Waals surface area contributed by atoms with E-state index in [0.717, 1.165) is 25.4 Å². The first kappa shape index (κ1) is 14.1. The lowest BCUT2D eigenvalue weighted by Crippen LogP contribution is -2.24. The van der Waals surface area contributed by atoms with E-state index >= 15 is 0 Å². The van der Waals surface area contributed by atoms with Gasteiger partial charge in [0.15, 0.2) is 0 Å². The summed E-state index contributed by atoms with van der Waals surface area (Å²) >= 11 is 0. The highest BCUT2D eigenvalue weighted by atomic mass is 14.9. The standard InChI is InChI=1S/C17H26N2/c1-3-7-14(4-2)12-18-11-10-15-13-19-17-9-6-5-8-16(15)17/h5-6,8-9,13-14,18-19H,3-4,7,10-12H2,1-2H3. The lowest BCUT2D eigenvalue weighted by molar-refractivity contribution is 0.431. The topological polar surface area (TPSA) is 27.8 Å². The van der Waals surface area contributed by atoms with Crippen LogP contribution >= 0.6 is 0 Å². The normalized spacial score (nSPS) is 12.9. The molecule has 2 rings (SSSR count). The van der Waals surface area contributed by atoms with Gasteiger partial charge in [0.25, 0.3) is 0 Å². The first-order valence-corrected chi connectivity index (χ1v) is 7.60. The number of para-hydroxylation sites is 1. The average molecular weight is 258 g/mol. The van der Waals surface area contributed by atoms with E-state index < -0.39 is 0 Å². The molecular weight excluding hydrogens is 232 g/mol. The average Bonchev–Trinajstić information content (AvgIpc) is 2.85. The molecule has 1 heterocycles. The number of H-pyrrole nitrogens is 1. The Kier molecular flexibility index (Phi) is 5.46. The maximum Gasteiger partial charge on any atom is 0.0456 e. The first-order valence-electron chi connectivity index (χ1n) is 7.60. The van der Waals surface area contributed by atoms with Crippen LogP contribution in [0.2, 0.25) is 0 Å². The van der Waals surface area contributed by atoms with Crippen molar-refractivity contribution in [1.29, 1.82) is 0 Å². The van der Waals surface area contributed by atoms with E-state index in [2.05, 4.69) is 54.6 Å². The number of nitrogens with one attached hydrogen (secondary N) is 2. The molecule has 0 saturated carbocycles. The molecule has 2 heteroatoms. The van der Waals surface area contributed by atoms with Crippen LogP contribution in [-0.4, -0.2) is 18.1 Å². The molecule has 0 aliphatic heterocycles. The molecule has 2 N–H and O–H groups in total. The summed E-state index contributed by atoms with van der Waals surface area (Å²) in [6, 6.07) is 8.53. The minimum atomic E-state index is 0.841. The van der Waals surface area contributed by atoms with E-state index in [1.165, 1.54) is 35.7 Å². The largest absolute Gasteiger partial charge is 0.361 e. The molecule has 1 unspecified atom stereocenters. The highest BCUT2D eigenvalue weighted by Gasteiger charge is 2.05. The maximum atomic E-state index is 3.61.